The van der Waals surface area contributed by atoms with E-state index < -0.39 is 0 Å². The van der Waals surface area contributed by atoms with Crippen LogP contribution in [0.5, 0.6) is 0 Å². The minimum atomic E-state index is 0.508. The van der Waals surface area contributed by atoms with Gasteiger partial charge in [-0.15, -0.1) is 0 Å². The van der Waals surface area contributed by atoms with Crippen LogP contribution in [0.4, 0.5) is 0 Å². The molecule has 0 radical (unpaired) electrons. The second-order valence-electron chi connectivity index (χ2n) is 4.38. The summed E-state index contributed by atoms with van der Waals surface area (Å²) in [7, 11) is 2.07. The lowest BCUT2D eigenvalue weighted by molar-refractivity contribution is 0.0983. The number of hydrogen-bond acceptors (Lipinski definition) is 2. The van der Waals surface area contributed by atoms with Crippen molar-refractivity contribution in [3.63, 3.8) is 0 Å². The van der Waals surface area contributed by atoms with Gasteiger partial charge in [-0.05, 0) is 45.6 Å². The molecule has 0 saturated carbocycles. The number of likely N-dealkylation sites (N-methyl/N-ethyl adjacent to an activating group) is 1. The third-order valence-corrected chi connectivity index (χ3v) is 3.39. The molecule has 2 heteroatoms. The Bertz CT molecular complexity index is 206. The molecule has 1 N–H and O–H groups in total. The van der Waals surface area contributed by atoms with E-state index in [0.29, 0.717) is 12.1 Å². The van der Waals surface area contributed by atoms with Gasteiger partial charge < -0.3 is 10.1 Å². The summed E-state index contributed by atoms with van der Waals surface area (Å²) in [4.78, 5) is 0. The van der Waals surface area contributed by atoms with E-state index in [1.807, 2.05) is 0 Å². The van der Waals surface area contributed by atoms with E-state index in [2.05, 4.69) is 18.4 Å². The SMILES string of the molecule is CNC(CC1CCCO1)C1=CCCC1. The highest BCUT2D eigenvalue weighted by Crippen LogP contribution is 2.26. The van der Waals surface area contributed by atoms with Gasteiger partial charge in [0.05, 0.1) is 6.10 Å². The van der Waals surface area contributed by atoms with Crippen LogP contribution in [-0.4, -0.2) is 25.8 Å². The molecule has 0 aromatic rings. The third-order valence-electron chi connectivity index (χ3n) is 3.39. The van der Waals surface area contributed by atoms with Crippen LogP contribution in [-0.2, 0) is 4.74 Å². The molecule has 1 aliphatic carbocycles. The van der Waals surface area contributed by atoms with Crippen molar-refractivity contribution in [3.05, 3.63) is 11.6 Å². The predicted octanol–water partition coefficient (Wildman–Crippen LogP) is 2.25. The first kappa shape index (κ1) is 10.2. The lowest BCUT2D eigenvalue weighted by atomic mass is 9.99. The van der Waals surface area contributed by atoms with Crippen LogP contribution in [0.25, 0.3) is 0 Å². The van der Waals surface area contributed by atoms with Gasteiger partial charge in [-0.1, -0.05) is 11.6 Å². The largest absolute Gasteiger partial charge is 0.378 e. The van der Waals surface area contributed by atoms with E-state index in [-0.39, 0.29) is 0 Å². The smallest absolute Gasteiger partial charge is 0.0594 e. The summed E-state index contributed by atoms with van der Waals surface area (Å²) in [6, 6.07) is 0.570. The Kier molecular flexibility index (Phi) is 3.60. The third kappa shape index (κ3) is 2.37. The topological polar surface area (TPSA) is 21.3 Å². The number of ether oxygens (including phenoxy) is 1. The molecular weight excluding hydrogens is 174 g/mol. The molecule has 1 heterocycles. The summed E-state index contributed by atoms with van der Waals surface area (Å²) >= 11 is 0. The molecule has 0 spiro atoms. The molecule has 2 unspecified atom stereocenters. The first-order valence-electron chi connectivity index (χ1n) is 5.88. The molecular formula is C12H21NO. The molecule has 0 aromatic heterocycles. The summed E-state index contributed by atoms with van der Waals surface area (Å²) in [6.07, 6.45) is 10.5. The van der Waals surface area contributed by atoms with Gasteiger partial charge in [0, 0.05) is 12.6 Å². The summed E-state index contributed by atoms with van der Waals surface area (Å²) in [5.74, 6) is 0. The van der Waals surface area contributed by atoms with Gasteiger partial charge in [-0.3, -0.25) is 0 Å². The van der Waals surface area contributed by atoms with Crippen molar-refractivity contribution in [2.24, 2.45) is 0 Å². The maximum absolute atomic E-state index is 5.68. The van der Waals surface area contributed by atoms with E-state index >= 15 is 0 Å². The average Bonchev–Trinajstić information content (AvgIpc) is 2.86. The zero-order chi connectivity index (χ0) is 9.80. The van der Waals surface area contributed by atoms with Gasteiger partial charge >= 0.3 is 0 Å². The van der Waals surface area contributed by atoms with Crippen LogP contribution in [0, 0.1) is 0 Å². The summed E-state index contributed by atoms with van der Waals surface area (Å²) in [6.45, 7) is 0.972. The minimum Gasteiger partial charge on any atom is -0.378 e. The average molecular weight is 195 g/mol. The summed E-state index contributed by atoms with van der Waals surface area (Å²) < 4.78 is 5.68. The van der Waals surface area contributed by atoms with Crippen LogP contribution in [0.2, 0.25) is 0 Å². The van der Waals surface area contributed by atoms with Crippen molar-refractivity contribution in [1.29, 1.82) is 0 Å². The monoisotopic (exact) mass is 195 g/mol. The van der Waals surface area contributed by atoms with Crippen LogP contribution >= 0.6 is 0 Å². The van der Waals surface area contributed by atoms with Crippen LogP contribution in [0.15, 0.2) is 11.6 Å². The van der Waals surface area contributed by atoms with Crippen molar-refractivity contribution in [1.82, 2.24) is 5.32 Å². The molecule has 0 amide bonds. The maximum atomic E-state index is 5.68. The molecule has 1 aliphatic heterocycles. The molecule has 80 valence electrons. The molecule has 0 bridgehead atoms. The van der Waals surface area contributed by atoms with Gasteiger partial charge in [-0.2, -0.15) is 0 Å². The van der Waals surface area contributed by atoms with Gasteiger partial charge in [0.15, 0.2) is 0 Å². The first-order chi connectivity index (χ1) is 6.90. The maximum Gasteiger partial charge on any atom is 0.0594 e. The molecule has 1 fully saturated rings. The number of allylic oxidation sites excluding steroid dienone is 1. The van der Waals surface area contributed by atoms with Crippen molar-refractivity contribution >= 4 is 0 Å². The highest BCUT2D eigenvalue weighted by atomic mass is 16.5. The van der Waals surface area contributed by atoms with Gasteiger partial charge in [0.2, 0.25) is 0 Å². The van der Waals surface area contributed by atoms with Crippen LogP contribution in [0.3, 0.4) is 0 Å². The Labute approximate surface area is 86.7 Å². The lowest BCUT2D eigenvalue weighted by Gasteiger charge is -2.21. The number of nitrogens with one attached hydrogen (secondary N) is 1. The fraction of sp³-hybridized carbons (Fsp3) is 0.833. The summed E-state index contributed by atoms with van der Waals surface area (Å²) in [5.41, 5.74) is 1.61. The van der Waals surface area contributed by atoms with Crippen molar-refractivity contribution in [2.75, 3.05) is 13.7 Å². The summed E-state index contributed by atoms with van der Waals surface area (Å²) in [5, 5.41) is 3.42. The lowest BCUT2D eigenvalue weighted by Crippen LogP contribution is -2.31. The minimum absolute atomic E-state index is 0.508. The number of rotatable bonds is 4. The Morgan fingerprint density at radius 3 is 3.07 bits per heavy atom. The first-order valence-corrected chi connectivity index (χ1v) is 5.88. The van der Waals surface area contributed by atoms with Crippen LogP contribution < -0.4 is 5.32 Å². The highest BCUT2D eigenvalue weighted by molar-refractivity contribution is 5.15. The molecule has 0 aromatic carbocycles. The molecule has 2 rings (SSSR count). The van der Waals surface area contributed by atoms with E-state index in [9.17, 15) is 0 Å². The van der Waals surface area contributed by atoms with E-state index in [0.717, 1.165) is 6.61 Å². The van der Waals surface area contributed by atoms with E-state index in [1.54, 1.807) is 5.57 Å². The fourth-order valence-corrected chi connectivity index (χ4v) is 2.56. The van der Waals surface area contributed by atoms with E-state index in [1.165, 1.54) is 38.5 Å². The Morgan fingerprint density at radius 2 is 2.50 bits per heavy atom. The molecule has 2 aliphatic rings. The van der Waals surface area contributed by atoms with E-state index in [4.69, 9.17) is 4.74 Å². The second kappa shape index (κ2) is 4.94. The zero-order valence-electron chi connectivity index (χ0n) is 9.09. The second-order valence-corrected chi connectivity index (χ2v) is 4.38. The normalized spacial score (nSPS) is 29.2. The van der Waals surface area contributed by atoms with Gasteiger partial charge in [0.25, 0.3) is 0 Å². The fourth-order valence-electron chi connectivity index (χ4n) is 2.56. The van der Waals surface area contributed by atoms with Crippen molar-refractivity contribution in [2.45, 2.75) is 50.7 Å². The Balaban J connectivity index is 1.85. The predicted molar refractivity (Wildman–Crippen MR) is 58.4 cm³/mol. The van der Waals surface area contributed by atoms with Crippen molar-refractivity contribution < 1.29 is 4.74 Å². The molecule has 1 saturated heterocycles. The molecule has 2 nitrogen and oxygen atoms in total. The molecule has 14 heavy (non-hydrogen) atoms. The number of hydrogen-bond donors (Lipinski definition) is 1. The van der Waals surface area contributed by atoms with Gasteiger partial charge in [-0.25, -0.2) is 0 Å². The van der Waals surface area contributed by atoms with Gasteiger partial charge in [0.1, 0.15) is 0 Å². The highest BCUT2D eigenvalue weighted by Gasteiger charge is 2.23. The standard InChI is InChI=1S/C12H21NO/c1-13-12(10-5-2-3-6-10)9-11-7-4-8-14-11/h5,11-13H,2-4,6-9H2,1H3. The van der Waals surface area contributed by atoms with Crippen molar-refractivity contribution in [3.8, 4) is 0 Å². The Morgan fingerprint density at radius 1 is 1.57 bits per heavy atom. The zero-order valence-corrected chi connectivity index (χ0v) is 9.09. The molecule has 2 atom stereocenters. The Hall–Kier alpha value is -0.340. The quantitative estimate of drug-likeness (QED) is 0.695. The van der Waals surface area contributed by atoms with Crippen LogP contribution in [0.1, 0.15) is 38.5 Å².